The van der Waals surface area contributed by atoms with Crippen LogP contribution in [0.25, 0.3) is 0 Å². The van der Waals surface area contributed by atoms with E-state index in [2.05, 4.69) is 35.6 Å². The van der Waals surface area contributed by atoms with Crippen molar-refractivity contribution in [3.8, 4) is 0 Å². The van der Waals surface area contributed by atoms with Crippen LogP contribution >= 0.6 is 27.3 Å². The van der Waals surface area contributed by atoms with E-state index in [0.717, 1.165) is 10.8 Å². The van der Waals surface area contributed by atoms with Crippen LogP contribution in [0.3, 0.4) is 0 Å². The lowest BCUT2D eigenvalue weighted by Gasteiger charge is -2.03. The highest BCUT2D eigenvalue weighted by Crippen LogP contribution is 2.19. The Labute approximate surface area is 171 Å². The largest absolute Gasteiger partial charge is 0.370 e. The van der Waals surface area contributed by atoms with Gasteiger partial charge in [0.25, 0.3) is 10.0 Å². The molecule has 1 atom stereocenters. The van der Waals surface area contributed by atoms with E-state index < -0.39 is 20.8 Å². The molecule has 5 N–H and O–H groups in total. The average molecular weight is 493 g/mol. The number of hydrogen-bond donors (Lipinski definition) is 3. The number of rotatable bonds is 9. The monoisotopic (exact) mass is 492 g/mol. The van der Waals surface area contributed by atoms with Gasteiger partial charge >= 0.3 is 0 Å². The Morgan fingerprint density at radius 2 is 2.04 bits per heavy atom. The quantitative estimate of drug-likeness (QED) is 0.351. The minimum absolute atomic E-state index is 0.0862. The predicted molar refractivity (Wildman–Crippen MR) is 112 cm³/mol. The van der Waals surface area contributed by atoms with Crippen molar-refractivity contribution in [2.75, 3.05) is 12.3 Å². The molecule has 1 aromatic heterocycles. The van der Waals surface area contributed by atoms with Crippen molar-refractivity contribution in [3.63, 3.8) is 0 Å². The van der Waals surface area contributed by atoms with Gasteiger partial charge in [-0.05, 0) is 24.3 Å². The maximum atomic E-state index is 12.0. The lowest BCUT2D eigenvalue weighted by molar-refractivity contribution is 0.593. The first-order chi connectivity index (χ1) is 12.8. The number of halogens is 1. The first kappa shape index (κ1) is 21.5. The molecule has 0 saturated carbocycles. The Morgan fingerprint density at radius 3 is 2.70 bits per heavy atom. The van der Waals surface area contributed by atoms with Gasteiger partial charge in [-0.25, -0.2) is 13.4 Å². The van der Waals surface area contributed by atoms with E-state index in [9.17, 15) is 12.6 Å². The lowest BCUT2D eigenvalue weighted by atomic mass is 10.4. The molecule has 0 aliphatic carbocycles. The molecule has 0 amide bonds. The van der Waals surface area contributed by atoms with Crippen LogP contribution < -0.4 is 16.2 Å². The molecule has 13 heteroatoms. The third kappa shape index (κ3) is 7.36. The SMILES string of the molecule is NC(N)=Nc1nc(CS(=O)CCN=CNS(=O)(=O)c2ccc(Br)cc2)cs1. The summed E-state index contributed by atoms with van der Waals surface area (Å²) in [5.74, 6) is 0.430. The van der Waals surface area contributed by atoms with Crippen molar-refractivity contribution in [1.82, 2.24) is 9.71 Å². The number of nitrogens with two attached hydrogens (primary N) is 2. The number of aliphatic imine (C=N–C) groups is 2. The molecule has 9 nitrogen and oxygen atoms in total. The second-order valence-electron chi connectivity index (χ2n) is 5.06. The van der Waals surface area contributed by atoms with Crippen LogP contribution in [-0.4, -0.2) is 42.2 Å². The molecule has 0 aliphatic heterocycles. The van der Waals surface area contributed by atoms with Crippen LogP contribution in [0.1, 0.15) is 5.69 Å². The van der Waals surface area contributed by atoms with Crippen molar-refractivity contribution in [2.24, 2.45) is 21.5 Å². The van der Waals surface area contributed by atoms with Crippen molar-refractivity contribution in [1.29, 1.82) is 0 Å². The van der Waals surface area contributed by atoms with Crippen LogP contribution in [0, 0.1) is 0 Å². The summed E-state index contributed by atoms with van der Waals surface area (Å²) in [4.78, 5) is 12.0. The van der Waals surface area contributed by atoms with Crippen molar-refractivity contribution >= 4 is 65.5 Å². The maximum absolute atomic E-state index is 12.0. The van der Waals surface area contributed by atoms with Crippen LogP contribution in [0.4, 0.5) is 5.13 Å². The van der Waals surface area contributed by atoms with Gasteiger partial charge < -0.3 is 11.5 Å². The fourth-order valence-corrected chi connectivity index (χ4v) is 4.62. The number of nitrogens with zero attached hydrogens (tertiary/aromatic N) is 3. The summed E-state index contributed by atoms with van der Waals surface area (Å²) < 4.78 is 39.2. The normalized spacial score (nSPS) is 12.8. The maximum Gasteiger partial charge on any atom is 0.262 e. The molecule has 27 heavy (non-hydrogen) atoms. The number of nitrogens with one attached hydrogen (secondary N) is 1. The summed E-state index contributed by atoms with van der Waals surface area (Å²) in [6, 6.07) is 6.21. The minimum Gasteiger partial charge on any atom is -0.370 e. The smallest absolute Gasteiger partial charge is 0.262 e. The molecule has 1 heterocycles. The van der Waals surface area contributed by atoms with Gasteiger partial charge in [0.05, 0.1) is 29.2 Å². The second-order valence-corrected chi connectivity index (χ2v) is 10.1. The number of benzene rings is 1. The summed E-state index contributed by atoms with van der Waals surface area (Å²) in [5.41, 5.74) is 11.2. The summed E-state index contributed by atoms with van der Waals surface area (Å²) in [6.07, 6.45) is 1.09. The van der Waals surface area contributed by atoms with Gasteiger partial charge in [0, 0.05) is 26.4 Å². The summed E-state index contributed by atoms with van der Waals surface area (Å²) in [5, 5.41) is 2.14. The fourth-order valence-electron chi connectivity index (χ4n) is 1.77. The molecule has 2 rings (SSSR count). The second kappa shape index (κ2) is 9.92. The van der Waals surface area contributed by atoms with Crippen molar-refractivity contribution < 1.29 is 12.6 Å². The Bertz CT molecular complexity index is 953. The third-order valence-corrected chi connectivity index (χ3v) is 6.82. The van der Waals surface area contributed by atoms with E-state index in [-0.39, 0.29) is 28.9 Å². The Hall–Kier alpha value is -1.83. The number of hydrogen-bond acceptors (Lipinski definition) is 7. The molecule has 0 spiro atoms. The molecule has 0 saturated heterocycles. The highest BCUT2D eigenvalue weighted by molar-refractivity contribution is 9.10. The fraction of sp³-hybridized carbons (Fsp3) is 0.214. The zero-order valence-corrected chi connectivity index (χ0v) is 17.9. The third-order valence-electron chi connectivity index (χ3n) is 2.94. The van der Waals surface area contributed by atoms with Gasteiger partial charge in [0.15, 0.2) is 5.96 Å². The first-order valence-corrected chi connectivity index (χ1v) is 12.1. The molecule has 0 bridgehead atoms. The molecular weight excluding hydrogens is 476 g/mol. The molecular formula is C14H17BrN6O3S3. The van der Waals surface area contributed by atoms with Gasteiger partial charge in [0.2, 0.25) is 5.13 Å². The van der Waals surface area contributed by atoms with Crippen molar-refractivity contribution in [3.05, 3.63) is 39.8 Å². The number of thiazole rings is 1. The molecule has 1 unspecified atom stereocenters. The molecule has 0 radical (unpaired) electrons. The van der Waals surface area contributed by atoms with E-state index >= 15 is 0 Å². The molecule has 1 aromatic carbocycles. The predicted octanol–water partition coefficient (Wildman–Crippen LogP) is 1.07. The number of aromatic nitrogens is 1. The Morgan fingerprint density at radius 1 is 1.33 bits per heavy atom. The topological polar surface area (TPSA) is 153 Å². The molecule has 0 fully saturated rings. The van der Waals surface area contributed by atoms with E-state index in [0.29, 0.717) is 10.8 Å². The van der Waals surface area contributed by atoms with E-state index in [1.165, 1.54) is 23.5 Å². The van der Waals surface area contributed by atoms with Crippen LogP contribution in [-0.2, 0) is 26.6 Å². The minimum atomic E-state index is -3.67. The van der Waals surface area contributed by atoms with Crippen LogP contribution in [0.15, 0.2) is 49.0 Å². The average Bonchev–Trinajstić information content (AvgIpc) is 3.00. The molecule has 0 aliphatic rings. The van der Waals surface area contributed by atoms with E-state index in [1.807, 2.05) is 0 Å². The van der Waals surface area contributed by atoms with E-state index in [1.54, 1.807) is 17.5 Å². The zero-order chi connectivity index (χ0) is 19.9. The van der Waals surface area contributed by atoms with Crippen molar-refractivity contribution in [2.45, 2.75) is 10.6 Å². The Kier molecular flexibility index (Phi) is 7.89. The van der Waals surface area contributed by atoms with Gasteiger partial charge in [0.1, 0.15) is 0 Å². The first-order valence-electron chi connectivity index (χ1n) is 7.41. The van der Waals surface area contributed by atoms with Gasteiger partial charge in [-0.2, -0.15) is 4.99 Å². The zero-order valence-electron chi connectivity index (χ0n) is 13.9. The summed E-state index contributed by atoms with van der Waals surface area (Å²) in [6.45, 7) is 0.209. The Balaban J connectivity index is 1.78. The van der Waals surface area contributed by atoms with Gasteiger partial charge in [-0.15, -0.1) is 11.3 Å². The van der Waals surface area contributed by atoms with Gasteiger partial charge in [-0.1, -0.05) is 15.9 Å². The van der Waals surface area contributed by atoms with E-state index in [4.69, 9.17) is 11.5 Å². The number of guanidine groups is 1. The van der Waals surface area contributed by atoms with Gasteiger partial charge in [-0.3, -0.25) is 13.9 Å². The summed E-state index contributed by atoms with van der Waals surface area (Å²) >= 11 is 4.49. The lowest BCUT2D eigenvalue weighted by Crippen LogP contribution is -2.22. The molecule has 2 aromatic rings. The van der Waals surface area contributed by atoms with Crippen LogP contribution in [0.2, 0.25) is 0 Å². The van der Waals surface area contributed by atoms with Crippen LogP contribution in [0.5, 0.6) is 0 Å². The highest BCUT2D eigenvalue weighted by atomic mass is 79.9. The standard InChI is InChI=1S/C14H17BrN6O3S3/c15-10-1-3-12(4-2-10)27(23,24)19-9-18-5-6-26(22)8-11-7-25-14(20-11)21-13(16)17/h1-4,7,9H,5-6,8H2,(H,18,19)(H4,16,17,20,21). The highest BCUT2D eigenvalue weighted by Gasteiger charge is 2.11. The molecule has 146 valence electrons. The summed E-state index contributed by atoms with van der Waals surface area (Å²) in [7, 11) is -4.87. The number of sulfonamides is 1.